The molecule has 0 fully saturated rings. The number of aromatic nitrogens is 3. The fraction of sp³-hybridized carbons (Fsp3) is 0.393. The average molecular weight is 585 g/mol. The number of para-hydroxylation sites is 1. The number of aliphatic hydroxyl groups is 1. The van der Waals surface area contributed by atoms with Crippen molar-refractivity contribution >= 4 is 33.4 Å². The average Bonchev–Trinajstić information content (AvgIpc) is 3.62. The molecule has 0 radical (unpaired) electrons. The molecule has 0 spiro atoms. The Morgan fingerprint density at radius 2 is 1.95 bits per heavy atom. The molecule has 13 heteroatoms. The Labute approximate surface area is 239 Å². The molecule has 2 N–H and O–H groups in total. The number of benzene rings is 1. The highest BCUT2D eigenvalue weighted by atomic mass is 32.1. The number of hydrogen-bond acceptors (Lipinski definition) is 10. The number of carbonyl (C=O) groups is 2. The molecule has 0 bridgehead atoms. The minimum Gasteiger partial charge on any atom is -0.496 e. The third-order valence-corrected chi connectivity index (χ3v) is 7.72. The van der Waals surface area contributed by atoms with Crippen LogP contribution in [0.15, 0.2) is 50.7 Å². The first kappa shape index (κ1) is 29.7. The summed E-state index contributed by atoms with van der Waals surface area (Å²) in [6, 6.07) is 7.02. The van der Waals surface area contributed by atoms with Crippen LogP contribution in [0, 0.1) is 12.8 Å². The second kappa shape index (κ2) is 13.0. The zero-order chi connectivity index (χ0) is 29.7. The topological polar surface area (TPSA) is 155 Å². The quantitative estimate of drug-likeness (QED) is 0.239. The van der Waals surface area contributed by atoms with Crippen molar-refractivity contribution in [3.8, 4) is 17.2 Å². The summed E-state index contributed by atoms with van der Waals surface area (Å²) in [6.45, 7) is 4.50. The number of nitrogens with zero attached hydrogens (tertiary/aromatic N) is 3. The number of carbonyl (C=O) groups excluding carboxylic acids is 2. The van der Waals surface area contributed by atoms with Crippen molar-refractivity contribution in [3.05, 3.63) is 68.0 Å². The number of amides is 1. The molecule has 3 aromatic heterocycles. The van der Waals surface area contributed by atoms with Gasteiger partial charge in [0.25, 0.3) is 5.56 Å². The smallest absolute Gasteiger partial charge is 0.332 e. The number of aryl methyl sites for hydroxylation is 1. The minimum absolute atomic E-state index is 0.0444. The van der Waals surface area contributed by atoms with Gasteiger partial charge in [0.05, 0.1) is 43.3 Å². The highest BCUT2D eigenvalue weighted by Crippen LogP contribution is 2.36. The SMILES string of the molecule is CCC(=O)O[C@@H](Cn1c(=O)n(CC(C)C(=O)NCCO)c(=O)c2c(-c3ncco3)c(C)sc21)c1ccccc1OC. The highest BCUT2D eigenvalue weighted by molar-refractivity contribution is 7.19. The number of oxazole rings is 1. The van der Waals surface area contributed by atoms with Crippen molar-refractivity contribution in [2.45, 2.75) is 46.4 Å². The van der Waals surface area contributed by atoms with E-state index in [0.717, 1.165) is 4.57 Å². The predicted molar refractivity (Wildman–Crippen MR) is 152 cm³/mol. The van der Waals surface area contributed by atoms with Crippen LogP contribution < -0.4 is 21.3 Å². The van der Waals surface area contributed by atoms with Gasteiger partial charge in [0.2, 0.25) is 11.8 Å². The first-order valence-corrected chi connectivity index (χ1v) is 13.9. The molecule has 0 saturated heterocycles. The number of fused-ring (bicyclic) bond motifs is 1. The Morgan fingerprint density at radius 1 is 1.20 bits per heavy atom. The summed E-state index contributed by atoms with van der Waals surface area (Å²) >= 11 is 1.22. The maximum Gasteiger partial charge on any atom is 0.332 e. The maximum absolute atomic E-state index is 14.0. The second-order valence-corrected chi connectivity index (χ2v) is 10.6. The van der Waals surface area contributed by atoms with Crippen molar-refractivity contribution in [1.82, 2.24) is 19.4 Å². The fourth-order valence-electron chi connectivity index (χ4n) is 4.55. The summed E-state index contributed by atoms with van der Waals surface area (Å²) in [5.41, 5.74) is -0.274. The van der Waals surface area contributed by atoms with E-state index in [9.17, 15) is 19.2 Å². The van der Waals surface area contributed by atoms with Gasteiger partial charge in [0, 0.05) is 30.0 Å². The van der Waals surface area contributed by atoms with E-state index in [-0.39, 0.29) is 43.9 Å². The monoisotopic (exact) mass is 584 g/mol. The zero-order valence-corrected chi connectivity index (χ0v) is 24.0. The van der Waals surface area contributed by atoms with Gasteiger partial charge >= 0.3 is 11.7 Å². The molecule has 4 aromatic rings. The van der Waals surface area contributed by atoms with Gasteiger partial charge in [0.15, 0.2) is 0 Å². The molecular formula is C28H32N4O8S. The lowest BCUT2D eigenvalue weighted by Crippen LogP contribution is -2.44. The van der Waals surface area contributed by atoms with Crippen LogP contribution in [0.2, 0.25) is 0 Å². The second-order valence-electron chi connectivity index (χ2n) is 9.35. The number of nitrogens with one attached hydrogen (secondary N) is 1. The van der Waals surface area contributed by atoms with Gasteiger partial charge in [-0.1, -0.05) is 32.0 Å². The fourth-order valence-corrected chi connectivity index (χ4v) is 5.68. The maximum atomic E-state index is 14.0. The number of ether oxygens (including phenoxy) is 2. The Hall–Kier alpha value is -4.23. The standard InChI is InChI=1S/C28H32N4O8S/c1-5-21(34)40-20(18-8-6-7-9-19(18)38-4)15-32-27-23(22(17(3)41-27)25-30-11-13-39-25)26(36)31(28(32)37)14-16(2)24(35)29-10-12-33/h6-9,11,13,16,20,33H,5,10,12,14-15H2,1-4H3,(H,29,35)/t16?,20-/m0/s1. The van der Waals surface area contributed by atoms with E-state index in [0.29, 0.717) is 26.6 Å². The third kappa shape index (κ3) is 6.10. The Morgan fingerprint density at radius 3 is 2.61 bits per heavy atom. The number of rotatable bonds is 12. The Balaban J connectivity index is 1.94. The van der Waals surface area contributed by atoms with E-state index in [4.69, 9.17) is 19.0 Å². The van der Waals surface area contributed by atoms with Gasteiger partial charge in [0.1, 0.15) is 22.9 Å². The first-order chi connectivity index (χ1) is 19.7. The van der Waals surface area contributed by atoms with E-state index < -0.39 is 35.1 Å². The van der Waals surface area contributed by atoms with Crippen LogP contribution in [0.3, 0.4) is 0 Å². The van der Waals surface area contributed by atoms with Crippen molar-refractivity contribution < 1.29 is 28.6 Å². The molecule has 41 heavy (non-hydrogen) atoms. The molecule has 1 unspecified atom stereocenters. The van der Waals surface area contributed by atoms with E-state index >= 15 is 0 Å². The highest BCUT2D eigenvalue weighted by Gasteiger charge is 2.28. The van der Waals surface area contributed by atoms with Crippen LogP contribution in [0.25, 0.3) is 21.7 Å². The van der Waals surface area contributed by atoms with Crippen molar-refractivity contribution in [2.75, 3.05) is 20.3 Å². The molecule has 0 aliphatic rings. The van der Waals surface area contributed by atoms with Gasteiger partial charge < -0.3 is 24.3 Å². The third-order valence-electron chi connectivity index (χ3n) is 6.59. The summed E-state index contributed by atoms with van der Waals surface area (Å²) in [7, 11) is 1.50. The normalized spacial score (nSPS) is 12.7. The summed E-state index contributed by atoms with van der Waals surface area (Å²) < 4.78 is 19.2. The number of thiophene rings is 1. The lowest BCUT2D eigenvalue weighted by atomic mass is 10.1. The zero-order valence-electron chi connectivity index (χ0n) is 23.2. The van der Waals surface area contributed by atoms with E-state index in [1.807, 2.05) is 0 Å². The Bertz CT molecular complexity index is 1650. The number of methoxy groups -OCH3 is 1. The van der Waals surface area contributed by atoms with Crippen molar-refractivity contribution in [2.24, 2.45) is 5.92 Å². The van der Waals surface area contributed by atoms with Crippen LogP contribution in [0.1, 0.15) is 36.8 Å². The van der Waals surface area contributed by atoms with Crippen LogP contribution in [0.4, 0.5) is 0 Å². The molecule has 1 amide bonds. The minimum atomic E-state index is -0.927. The molecule has 0 aliphatic carbocycles. The summed E-state index contributed by atoms with van der Waals surface area (Å²) in [5.74, 6) is -0.984. The summed E-state index contributed by atoms with van der Waals surface area (Å²) in [6.07, 6.45) is 2.04. The molecule has 1 aromatic carbocycles. The molecule has 12 nitrogen and oxygen atoms in total. The van der Waals surface area contributed by atoms with Crippen molar-refractivity contribution in [1.29, 1.82) is 0 Å². The lowest BCUT2D eigenvalue weighted by Gasteiger charge is -2.22. The van der Waals surface area contributed by atoms with Gasteiger partial charge in [-0.25, -0.2) is 9.78 Å². The van der Waals surface area contributed by atoms with Gasteiger partial charge in [-0.05, 0) is 13.0 Å². The summed E-state index contributed by atoms with van der Waals surface area (Å²) in [5, 5.41) is 11.8. The largest absolute Gasteiger partial charge is 0.496 e. The van der Waals surface area contributed by atoms with E-state index in [1.165, 1.54) is 35.5 Å². The van der Waals surface area contributed by atoms with Crippen LogP contribution >= 0.6 is 11.3 Å². The van der Waals surface area contributed by atoms with Gasteiger partial charge in [-0.15, -0.1) is 11.3 Å². The number of aliphatic hydroxyl groups excluding tert-OH is 1. The molecule has 2 atom stereocenters. The summed E-state index contributed by atoms with van der Waals surface area (Å²) in [4.78, 5) is 58.2. The van der Waals surface area contributed by atoms with E-state index in [1.54, 1.807) is 45.0 Å². The molecule has 3 heterocycles. The molecule has 0 aliphatic heterocycles. The molecular weight excluding hydrogens is 552 g/mol. The van der Waals surface area contributed by atoms with Gasteiger partial charge in [-0.2, -0.15) is 0 Å². The van der Waals surface area contributed by atoms with E-state index in [2.05, 4.69) is 10.3 Å². The predicted octanol–water partition coefficient (Wildman–Crippen LogP) is 2.64. The van der Waals surface area contributed by atoms with Crippen LogP contribution in [-0.2, 0) is 27.4 Å². The van der Waals surface area contributed by atoms with Gasteiger partial charge in [-0.3, -0.25) is 23.5 Å². The molecule has 4 rings (SSSR count). The van der Waals surface area contributed by atoms with Crippen LogP contribution in [0.5, 0.6) is 5.75 Å². The first-order valence-electron chi connectivity index (χ1n) is 13.1. The number of hydrogen-bond donors (Lipinski definition) is 2. The molecule has 0 saturated carbocycles. The molecule has 218 valence electrons. The van der Waals surface area contributed by atoms with Crippen LogP contribution in [-0.4, -0.2) is 51.4 Å². The Kier molecular flexibility index (Phi) is 9.40. The lowest BCUT2D eigenvalue weighted by molar-refractivity contribution is -0.149. The number of esters is 1. The van der Waals surface area contributed by atoms with Crippen molar-refractivity contribution in [3.63, 3.8) is 0 Å².